The summed E-state index contributed by atoms with van der Waals surface area (Å²) in [6.07, 6.45) is 1.47. The quantitative estimate of drug-likeness (QED) is 0.429. The highest BCUT2D eigenvalue weighted by molar-refractivity contribution is 6.01. The Kier molecular flexibility index (Phi) is 5.73. The summed E-state index contributed by atoms with van der Waals surface area (Å²) < 4.78 is 0. The van der Waals surface area contributed by atoms with Gasteiger partial charge in [-0.1, -0.05) is 30.3 Å². The van der Waals surface area contributed by atoms with Crippen LogP contribution in [0, 0.1) is 5.41 Å². The molecule has 0 saturated carbocycles. The van der Waals surface area contributed by atoms with Gasteiger partial charge in [0.1, 0.15) is 11.7 Å². The lowest BCUT2D eigenvalue weighted by atomic mass is 10.1. The number of pyridine rings is 1. The van der Waals surface area contributed by atoms with Gasteiger partial charge in [-0.05, 0) is 19.4 Å². The van der Waals surface area contributed by atoms with Gasteiger partial charge in [-0.15, -0.1) is 0 Å². The first-order chi connectivity index (χ1) is 11.5. The van der Waals surface area contributed by atoms with Crippen LogP contribution in [0.1, 0.15) is 31.0 Å². The van der Waals surface area contributed by atoms with Gasteiger partial charge in [-0.2, -0.15) is 0 Å². The summed E-state index contributed by atoms with van der Waals surface area (Å²) in [5.74, 6) is 0.537. The van der Waals surface area contributed by atoms with Crippen LogP contribution in [-0.4, -0.2) is 23.4 Å². The SMILES string of the molecule is CCNC(=N)c1cnc(NC(=O)N[C@H](C)c2ccccc2)cc1N. The normalized spacial score (nSPS) is 11.4. The summed E-state index contributed by atoms with van der Waals surface area (Å²) in [6.45, 7) is 4.42. The van der Waals surface area contributed by atoms with Gasteiger partial charge in [0.15, 0.2) is 0 Å². The van der Waals surface area contributed by atoms with E-state index in [9.17, 15) is 4.79 Å². The van der Waals surface area contributed by atoms with Crippen LogP contribution in [0.3, 0.4) is 0 Å². The van der Waals surface area contributed by atoms with Crippen LogP contribution in [-0.2, 0) is 0 Å². The monoisotopic (exact) mass is 326 g/mol. The number of nitrogens with one attached hydrogen (secondary N) is 4. The predicted molar refractivity (Wildman–Crippen MR) is 96.2 cm³/mol. The highest BCUT2D eigenvalue weighted by Gasteiger charge is 2.11. The van der Waals surface area contributed by atoms with E-state index in [4.69, 9.17) is 11.1 Å². The van der Waals surface area contributed by atoms with Gasteiger partial charge in [0, 0.05) is 24.5 Å². The first-order valence-corrected chi connectivity index (χ1v) is 7.72. The second-order valence-corrected chi connectivity index (χ2v) is 5.29. The number of hydrogen-bond donors (Lipinski definition) is 5. The molecule has 2 amide bonds. The average molecular weight is 326 g/mol. The molecule has 0 fully saturated rings. The number of amidine groups is 1. The lowest BCUT2D eigenvalue weighted by Crippen LogP contribution is -2.31. The summed E-state index contributed by atoms with van der Waals surface area (Å²) in [5, 5.41) is 16.2. The molecule has 2 rings (SSSR count). The third-order valence-electron chi connectivity index (χ3n) is 3.45. The van der Waals surface area contributed by atoms with Crippen LogP contribution < -0.4 is 21.7 Å². The van der Waals surface area contributed by atoms with E-state index in [0.29, 0.717) is 23.6 Å². The van der Waals surface area contributed by atoms with E-state index in [1.807, 2.05) is 44.2 Å². The molecule has 0 aliphatic heterocycles. The molecule has 126 valence electrons. The number of aromatic nitrogens is 1. The molecule has 0 aliphatic carbocycles. The van der Waals surface area contributed by atoms with Crippen molar-refractivity contribution in [3.63, 3.8) is 0 Å². The van der Waals surface area contributed by atoms with Gasteiger partial charge < -0.3 is 16.4 Å². The van der Waals surface area contributed by atoms with E-state index in [1.54, 1.807) is 0 Å². The topological polar surface area (TPSA) is 116 Å². The van der Waals surface area contributed by atoms with Gasteiger partial charge in [0.25, 0.3) is 0 Å². The van der Waals surface area contributed by atoms with Crippen molar-refractivity contribution in [2.45, 2.75) is 19.9 Å². The predicted octanol–water partition coefficient (Wildman–Crippen LogP) is 2.48. The highest BCUT2D eigenvalue weighted by Crippen LogP contribution is 2.16. The molecule has 0 aliphatic rings. The fourth-order valence-electron chi connectivity index (χ4n) is 2.19. The molecule has 2 aromatic rings. The maximum absolute atomic E-state index is 12.1. The van der Waals surface area contributed by atoms with Crippen molar-refractivity contribution in [3.8, 4) is 0 Å². The van der Waals surface area contributed by atoms with Crippen LogP contribution >= 0.6 is 0 Å². The summed E-state index contributed by atoms with van der Waals surface area (Å²) in [5.41, 5.74) is 7.81. The van der Waals surface area contributed by atoms with Crippen LogP contribution in [0.15, 0.2) is 42.6 Å². The minimum atomic E-state index is -0.368. The number of benzene rings is 1. The fourth-order valence-corrected chi connectivity index (χ4v) is 2.19. The third-order valence-corrected chi connectivity index (χ3v) is 3.45. The number of anilines is 2. The van der Waals surface area contributed by atoms with Crippen LogP contribution in [0.4, 0.5) is 16.3 Å². The van der Waals surface area contributed by atoms with Crippen LogP contribution in [0.25, 0.3) is 0 Å². The number of nitrogens with two attached hydrogens (primary N) is 1. The molecule has 0 bridgehead atoms. The minimum absolute atomic E-state index is 0.134. The molecule has 0 unspecified atom stereocenters. The lowest BCUT2D eigenvalue weighted by molar-refractivity contribution is 0.249. The lowest BCUT2D eigenvalue weighted by Gasteiger charge is -2.15. The molecular formula is C17H22N6O. The standard InChI is InChI=1S/C17H22N6O/c1-3-20-16(19)13-10-21-15(9-14(13)18)23-17(24)22-11(2)12-7-5-4-6-8-12/h4-11H,3H2,1-2H3,(H2,19,20)(H4,18,21,22,23,24)/t11-/m1/s1. The van der Waals surface area contributed by atoms with Gasteiger partial charge in [0.2, 0.25) is 0 Å². The van der Waals surface area contributed by atoms with Crippen molar-refractivity contribution < 1.29 is 4.79 Å². The number of rotatable bonds is 5. The fraction of sp³-hybridized carbons (Fsp3) is 0.235. The van der Waals surface area contributed by atoms with Crippen molar-refractivity contribution in [2.75, 3.05) is 17.6 Å². The number of carbonyl (C=O) groups is 1. The van der Waals surface area contributed by atoms with Crippen molar-refractivity contribution in [1.29, 1.82) is 5.41 Å². The second-order valence-electron chi connectivity index (χ2n) is 5.29. The van der Waals surface area contributed by atoms with Gasteiger partial charge in [-0.25, -0.2) is 9.78 Å². The summed E-state index contributed by atoms with van der Waals surface area (Å²) >= 11 is 0. The second kappa shape index (κ2) is 7.96. The number of nitrogen functional groups attached to an aromatic ring is 1. The molecular weight excluding hydrogens is 304 g/mol. The maximum atomic E-state index is 12.1. The van der Waals surface area contributed by atoms with E-state index >= 15 is 0 Å². The largest absolute Gasteiger partial charge is 0.398 e. The maximum Gasteiger partial charge on any atom is 0.320 e. The number of urea groups is 1. The Hall–Kier alpha value is -3.09. The number of amides is 2. The molecule has 1 heterocycles. The van der Waals surface area contributed by atoms with E-state index in [2.05, 4.69) is 20.9 Å². The molecule has 1 aromatic heterocycles. The molecule has 24 heavy (non-hydrogen) atoms. The van der Waals surface area contributed by atoms with Gasteiger partial charge in [-0.3, -0.25) is 10.7 Å². The van der Waals surface area contributed by atoms with Crippen molar-refractivity contribution in [2.24, 2.45) is 0 Å². The Bertz CT molecular complexity index is 716. The van der Waals surface area contributed by atoms with E-state index in [0.717, 1.165) is 5.56 Å². The molecule has 6 N–H and O–H groups in total. The third kappa shape index (κ3) is 4.45. The Balaban J connectivity index is 1.99. The minimum Gasteiger partial charge on any atom is -0.398 e. The number of carbonyl (C=O) groups excluding carboxylic acids is 1. The Morgan fingerprint density at radius 1 is 1.33 bits per heavy atom. The zero-order chi connectivity index (χ0) is 17.5. The highest BCUT2D eigenvalue weighted by atomic mass is 16.2. The summed E-state index contributed by atoms with van der Waals surface area (Å²) in [6, 6.07) is 10.7. The Labute approximate surface area is 141 Å². The number of nitrogens with zero attached hydrogens (tertiary/aromatic N) is 1. The van der Waals surface area contributed by atoms with E-state index in [1.165, 1.54) is 12.3 Å². The molecule has 0 spiro atoms. The Morgan fingerprint density at radius 3 is 2.67 bits per heavy atom. The molecule has 0 saturated heterocycles. The summed E-state index contributed by atoms with van der Waals surface area (Å²) in [7, 11) is 0. The van der Waals surface area contributed by atoms with E-state index < -0.39 is 0 Å². The summed E-state index contributed by atoms with van der Waals surface area (Å²) in [4.78, 5) is 16.2. The first-order valence-electron chi connectivity index (χ1n) is 7.72. The number of hydrogen-bond acceptors (Lipinski definition) is 4. The average Bonchev–Trinajstić information content (AvgIpc) is 2.55. The molecule has 7 nitrogen and oxygen atoms in total. The smallest absolute Gasteiger partial charge is 0.320 e. The first kappa shape index (κ1) is 17.3. The van der Waals surface area contributed by atoms with Crippen LogP contribution in [0.2, 0.25) is 0 Å². The molecule has 1 atom stereocenters. The molecule has 1 aromatic carbocycles. The van der Waals surface area contributed by atoms with E-state index in [-0.39, 0.29) is 17.9 Å². The molecule has 0 radical (unpaired) electrons. The van der Waals surface area contributed by atoms with Crippen molar-refractivity contribution in [3.05, 3.63) is 53.7 Å². The van der Waals surface area contributed by atoms with Gasteiger partial charge >= 0.3 is 6.03 Å². The van der Waals surface area contributed by atoms with Crippen molar-refractivity contribution in [1.82, 2.24) is 15.6 Å². The molecule has 7 heteroatoms. The van der Waals surface area contributed by atoms with Crippen LogP contribution in [0.5, 0.6) is 0 Å². The van der Waals surface area contributed by atoms with Crippen molar-refractivity contribution >= 4 is 23.4 Å². The Morgan fingerprint density at radius 2 is 2.04 bits per heavy atom. The zero-order valence-corrected chi connectivity index (χ0v) is 13.8. The van der Waals surface area contributed by atoms with Gasteiger partial charge in [0.05, 0.1) is 11.6 Å². The zero-order valence-electron chi connectivity index (χ0n) is 13.8.